The van der Waals surface area contributed by atoms with Gasteiger partial charge in [-0.05, 0) is 48.0 Å². The van der Waals surface area contributed by atoms with Gasteiger partial charge in [0.2, 0.25) is 0 Å². The van der Waals surface area contributed by atoms with Crippen LogP contribution in [0.15, 0.2) is 58.5 Å². The first kappa shape index (κ1) is 28.8. The molecule has 2 aromatic carbocycles. The largest absolute Gasteiger partial charge is 0.456 e. The van der Waals surface area contributed by atoms with Crippen LogP contribution >= 0.6 is 0 Å². The molecular weight excluding hydrogens is 530 g/mol. The summed E-state index contributed by atoms with van der Waals surface area (Å²) in [5.74, 6) is 0.109. The number of carbonyl (C=O) groups excluding carboxylic acids is 1. The molecule has 11 heteroatoms. The number of morpholine rings is 1. The Kier molecular flexibility index (Phi) is 8.70. The number of nitrogens with one attached hydrogen (secondary N) is 1. The van der Waals surface area contributed by atoms with Crippen LogP contribution in [-0.4, -0.2) is 91.9 Å². The van der Waals surface area contributed by atoms with Crippen molar-refractivity contribution in [1.29, 1.82) is 5.26 Å². The van der Waals surface area contributed by atoms with Crippen LogP contribution in [0.2, 0.25) is 0 Å². The summed E-state index contributed by atoms with van der Waals surface area (Å²) in [6, 6.07) is 16.5. The molecule has 0 spiro atoms. The highest BCUT2D eigenvalue weighted by molar-refractivity contribution is 6.04. The number of aliphatic hydroxyl groups is 3. The molecule has 5 atom stereocenters. The molecule has 5 rings (SSSR count). The van der Waals surface area contributed by atoms with E-state index in [1.165, 1.54) is 7.11 Å². The number of aliphatic hydroxyl groups excluding tert-OH is 3. The van der Waals surface area contributed by atoms with E-state index in [4.69, 9.17) is 18.6 Å². The number of ether oxygens (including phenoxy) is 3. The monoisotopic (exact) mass is 563 g/mol. The Balaban J connectivity index is 1.35. The Bertz CT molecular complexity index is 1470. The molecule has 1 amide bonds. The molecule has 3 aromatic rings. The summed E-state index contributed by atoms with van der Waals surface area (Å²) in [6.45, 7) is 4.21. The number of hydrogen-bond donors (Lipinski definition) is 4. The van der Waals surface area contributed by atoms with Crippen LogP contribution in [0.4, 0.5) is 5.69 Å². The zero-order valence-electron chi connectivity index (χ0n) is 22.8. The molecule has 1 unspecified atom stereocenters. The molecule has 1 aromatic heterocycles. The lowest BCUT2D eigenvalue weighted by atomic mass is 9.96. The fourth-order valence-electron chi connectivity index (χ4n) is 5.19. The van der Waals surface area contributed by atoms with E-state index in [1.807, 2.05) is 24.3 Å². The van der Waals surface area contributed by atoms with Crippen LogP contribution in [-0.2, 0) is 19.0 Å². The van der Waals surface area contributed by atoms with E-state index in [-0.39, 0.29) is 5.57 Å². The third kappa shape index (κ3) is 5.85. The average Bonchev–Trinajstić information content (AvgIpc) is 3.50. The highest BCUT2D eigenvalue weighted by Crippen LogP contribution is 2.31. The number of anilines is 1. The van der Waals surface area contributed by atoms with Crippen LogP contribution in [0.25, 0.3) is 27.7 Å². The van der Waals surface area contributed by atoms with Gasteiger partial charge in [0, 0.05) is 37.0 Å². The van der Waals surface area contributed by atoms with Gasteiger partial charge in [-0.3, -0.25) is 4.79 Å². The molecule has 2 saturated heterocycles. The number of furan rings is 1. The first-order chi connectivity index (χ1) is 19.8. The van der Waals surface area contributed by atoms with Crippen molar-refractivity contribution in [2.24, 2.45) is 0 Å². The lowest BCUT2D eigenvalue weighted by Gasteiger charge is -2.41. The van der Waals surface area contributed by atoms with Gasteiger partial charge in [0.1, 0.15) is 47.5 Å². The molecule has 0 saturated carbocycles. The molecule has 4 N–H and O–H groups in total. The van der Waals surface area contributed by atoms with E-state index in [9.17, 15) is 25.4 Å². The summed E-state index contributed by atoms with van der Waals surface area (Å²) < 4.78 is 22.1. The number of nitrogens with zero attached hydrogens (tertiary/aromatic N) is 2. The number of allylic oxidation sites excluding steroid dienone is 1. The SMILES string of the molecule is COC1O[C@H](CO)[C@@H](O)[C@H](O)[C@H]1NC(=O)/C(C#N)=C(\C)c1ccc(-c2ccc3cc(N4CCOCC4)ccc3c2)o1. The Morgan fingerprint density at radius 2 is 1.83 bits per heavy atom. The molecule has 11 nitrogen and oxygen atoms in total. The molecule has 0 radical (unpaired) electrons. The second-order valence-electron chi connectivity index (χ2n) is 10.1. The molecule has 216 valence electrons. The van der Waals surface area contributed by atoms with E-state index in [2.05, 4.69) is 28.4 Å². The third-order valence-corrected chi connectivity index (χ3v) is 7.58. The first-order valence-electron chi connectivity index (χ1n) is 13.4. The standard InChI is InChI=1S/C30H33N3O8/c1-17(22(15-31)29(37)32-26-28(36)27(35)25(16-34)41-30(26)38-2)23-7-8-24(40-23)20-4-3-19-14-21(6-5-18(19)13-20)33-9-11-39-12-10-33/h3-8,13-14,25-28,30,34-36H,9-12,16H2,1-2H3,(H,32,37)/b22-17+/t25-,26-,27-,28-,30?/m1/s1. The number of amides is 1. The van der Waals surface area contributed by atoms with Gasteiger partial charge in [0.25, 0.3) is 5.91 Å². The average molecular weight is 564 g/mol. The van der Waals surface area contributed by atoms with Gasteiger partial charge in [-0.2, -0.15) is 5.26 Å². The number of rotatable bonds is 7. The zero-order chi connectivity index (χ0) is 29.1. The summed E-state index contributed by atoms with van der Waals surface area (Å²) in [6.07, 6.45) is -5.20. The van der Waals surface area contributed by atoms with Crippen LogP contribution in [0, 0.1) is 11.3 Å². The number of nitriles is 1. The summed E-state index contributed by atoms with van der Waals surface area (Å²) in [7, 11) is 1.30. The Morgan fingerprint density at radius 3 is 2.54 bits per heavy atom. The lowest BCUT2D eigenvalue weighted by Crippen LogP contribution is -2.64. The second kappa shape index (κ2) is 12.4. The number of carbonyl (C=O) groups is 1. The highest BCUT2D eigenvalue weighted by Gasteiger charge is 2.45. The van der Waals surface area contributed by atoms with E-state index >= 15 is 0 Å². The number of methoxy groups -OCH3 is 1. The second-order valence-corrected chi connectivity index (χ2v) is 10.1. The smallest absolute Gasteiger partial charge is 0.262 e. The van der Waals surface area contributed by atoms with Gasteiger partial charge in [-0.25, -0.2) is 0 Å². The van der Waals surface area contributed by atoms with Gasteiger partial charge in [0.15, 0.2) is 6.29 Å². The molecule has 3 heterocycles. The minimum absolute atomic E-state index is 0.235. The minimum Gasteiger partial charge on any atom is -0.456 e. The molecule has 2 fully saturated rings. The van der Waals surface area contributed by atoms with Crippen molar-refractivity contribution in [3.05, 3.63) is 59.9 Å². The molecule has 0 bridgehead atoms. The van der Waals surface area contributed by atoms with Crippen molar-refractivity contribution < 1.29 is 38.7 Å². The minimum atomic E-state index is -1.50. The van der Waals surface area contributed by atoms with Crippen molar-refractivity contribution in [1.82, 2.24) is 5.32 Å². The third-order valence-electron chi connectivity index (χ3n) is 7.58. The number of hydrogen-bond acceptors (Lipinski definition) is 10. The molecule has 0 aliphatic carbocycles. The number of benzene rings is 2. The van der Waals surface area contributed by atoms with Crippen molar-refractivity contribution >= 4 is 27.9 Å². The summed E-state index contributed by atoms with van der Waals surface area (Å²) >= 11 is 0. The maximum Gasteiger partial charge on any atom is 0.262 e. The van der Waals surface area contributed by atoms with E-state index in [0.717, 1.165) is 48.3 Å². The quantitative estimate of drug-likeness (QED) is 0.247. The Morgan fingerprint density at radius 1 is 1.10 bits per heavy atom. The topological polar surface area (TPSA) is 158 Å². The van der Waals surface area contributed by atoms with E-state index < -0.39 is 43.2 Å². The summed E-state index contributed by atoms with van der Waals surface area (Å²) in [5, 5.41) is 44.6. The van der Waals surface area contributed by atoms with Gasteiger partial charge < -0.3 is 44.2 Å². The van der Waals surface area contributed by atoms with Crippen LogP contribution < -0.4 is 10.2 Å². The van der Waals surface area contributed by atoms with Gasteiger partial charge in [-0.1, -0.05) is 18.2 Å². The van der Waals surface area contributed by atoms with Crippen molar-refractivity contribution in [2.75, 3.05) is 44.9 Å². The maximum absolute atomic E-state index is 13.1. The van der Waals surface area contributed by atoms with E-state index in [0.29, 0.717) is 17.1 Å². The van der Waals surface area contributed by atoms with Crippen LogP contribution in [0.1, 0.15) is 12.7 Å². The maximum atomic E-state index is 13.1. The fourth-order valence-corrected chi connectivity index (χ4v) is 5.19. The summed E-state index contributed by atoms with van der Waals surface area (Å²) in [5.41, 5.74) is 2.06. The highest BCUT2D eigenvalue weighted by atomic mass is 16.7. The molecule has 2 aliphatic rings. The van der Waals surface area contributed by atoms with Crippen LogP contribution in [0.3, 0.4) is 0 Å². The molecule has 41 heavy (non-hydrogen) atoms. The summed E-state index contributed by atoms with van der Waals surface area (Å²) in [4.78, 5) is 15.4. The van der Waals surface area contributed by atoms with Crippen molar-refractivity contribution in [3.63, 3.8) is 0 Å². The molecule has 2 aliphatic heterocycles. The first-order valence-corrected chi connectivity index (χ1v) is 13.4. The fraction of sp³-hybridized carbons (Fsp3) is 0.400. The van der Waals surface area contributed by atoms with Gasteiger partial charge >= 0.3 is 0 Å². The predicted molar refractivity (Wildman–Crippen MR) is 150 cm³/mol. The number of fused-ring (bicyclic) bond motifs is 1. The van der Waals surface area contributed by atoms with Gasteiger partial charge in [-0.15, -0.1) is 0 Å². The van der Waals surface area contributed by atoms with Gasteiger partial charge in [0.05, 0.1) is 19.8 Å². The normalized spacial score (nSPS) is 25.5. The van der Waals surface area contributed by atoms with Crippen molar-refractivity contribution in [3.8, 4) is 17.4 Å². The van der Waals surface area contributed by atoms with Crippen LogP contribution in [0.5, 0.6) is 0 Å². The zero-order valence-corrected chi connectivity index (χ0v) is 22.8. The lowest BCUT2D eigenvalue weighted by molar-refractivity contribution is -0.262. The molecular formula is C30H33N3O8. The van der Waals surface area contributed by atoms with E-state index in [1.54, 1.807) is 19.1 Å². The predicted octanol–water partition coefficient (Wildman–Crippen LogP) is 1.80. The Labute approximate surface area is 237 Å². The Hall–Kier alpha value is -3.76. The van der Waals surface area contributed by atoms with Crippen molar-refractivity contribution in [2.45, 2.75) is 37.6 Å².